The Hall–Kier alpha value is -2.80. The molecule has 100 valence electrons. The Morgan fingerprint density at radius 2 is 1.38 bits per heavy atom. The standard InChI is InChI=1S/C20H15N/c1-2-21-19-11-7-6-10-17(19)18-14-16(12-13-20(18)21)15-8-4-3-5-9-15/h2-14H,1H2. The fourth-order valence-electron chi connectivity index (χ4n) is 3.01. The first kappa shape index (κ1) is 12.0. The van der Waals surface area contributed by atoms with Crippen LogP contribution in [0.2, 0.25) is 0 Å². The van der Waals surface area contributed by atoms with Crippen LogP contribution in [0.15, 0.2) is 79.4 Å². The number of hydrogen-bond acceptors (Lipinski definition) is 0. The van der Waals surface area contributed by atoms with Gasteiger partial charge in [0.05, 0.1) is 11.0 Å². The second-order valence-electron chi connectivity index (χ2n) is 5.17. The third kappa shape index (κ3) is 1.78. The average Bonchev–Trinajstić information content (AvgIpc) is 2.88. The highest BCUT2D eigenvalue weighted by molar-refractivity contribution is 6.10. The Bertz CT molecular complexity index is 946. The quantitative estimate of drug-likeness (QED) is 0.449. The van der Waals surface area contributed by atoms with Gasteiger partial charge in [0.2, 0.25) is 0 Å². The lowest BCUT2D eigenvalue weighted by atomic mass is 10.0. The molecule has 4 aromatic rings. The van der Waals surface area contributed by atoms with Crippen molar-refractivity contribution in [1.82, 2.24) is 4.57 Å². The van der Waals surface area contributed by atoms with Gasteiger partial charge in [-0.2, -0.15) is 0 Å². The number of nitrogens with zero attached hydrogens (tertiary/aromatic N) is 1. The minimum absolute atomic E-state index is 1.20. The van der Waals surface area contributed by atoms with Crippen LogP contribution in [0.25, 0.3) is 39.1 Å². The van der Waals surface area contributed by atoms with Gasteiger partial charge in [-0.05, 0) is 29.3 Å². The Kier molecular flexibility index (Phi) is 2.65. The van der Waals surface area contributed by atoms with E-state index in [2.05, 4.69) is 77.9 Å². The highest BCUT2D eigenvalue weighted by atomic mass is 14.9. The van der Waals surface area contributed by atoms with Crippen LogP contribution in [0, 0.1) is 0 Å². The van der Waals surface area contributed by atoms with E-state index in [4.69, 9.17) is 0 Å². The van der Waals surface area contributed by atoms with Gasteiger partial charge in [0.25, 0.3) is 0 Å². The third-order valence-electron chi connectivity index (χ3n) is 4.00. The van der Waals surface area contributed by atoms with E-state index in [1.807, 2.05) is 12.3 Å². The largest absolute Gasteiger partial charge is 0.317 e. The number of benzene rings is 3. The summed E-state index contributed by atoms with van der Waals surface area (Å²) in [5, 5.41) is 2.54. The van der Waals surface area contributed by atoms with Gasteiger partial charge in [0.1, 0.15) is 0 Å². The predicted octanol–water partition coefficient (Wildman–Crippen LogP) is 5.56. The van der Waals surface area contributed by atoms with Crippen molar-refractivity contribution in [3.63, 3.8) is 0 Å². The molecule has 0 aliphatic carbocycles. The van der Waals surface area contributed by atoms with Crippen molar-refractivity contribution in [2.24, 2.45) is 0 Å². The molecule has 0 saturated carbocycles. The van der Waals surface area contributed by atoms with E-state index in [9.17, 15) is 0 Å². The Morgan fingerprint density at radius 1 is 0.667 bits per heavy atom. The summed E-state index contributed by atoms with van der Waals surface area (Å²) in [6, 6.07) is 25.6. The van der Waals surface area contributed by atoms with Crippen molar-refractivity contribution in [3.8, 4) is 11.1 Å². The molecule has 0 bridgehead atoms. The monoisotopic (exact) mass is 269 g/mol. The van der Waals surface area contributed by atoms with Crippen molar-refractivity contribution in [2.75, 3.05) is 0 Å². The average molecular weight is 269 g/mol. The zero-order chi connectivity index (χ0) is 14.2. The normalized spacial score (nSPS) is 11.0. The van der Waals surface area contributed by atoms with E-state index < -0.39 is 0 Å². The maximum Gasteiger partial charge on any atom is 0.0535 e. The maximum atomic E-state index is 3.95. The molecule has 4 rings (SSSR count). The molecule has 0 amide bonds. The summed E-state index contributed by atoms with van der Waals surface area (Å²) in [5.74, 6) is 0. The summed E-state index contributed by atoms with van der Waals surface area (Å²) in [7, 11) is 0. The second-order valence-corrected chi connectivity index (χ2v) is 5.17. The lowest BCUT2D eigenvalue weighted by Crippen LogP contribution is -1.84. The molecular weight excluding hydrogens is 254 g/mol. The SMILES string of the molecule is C=Cn1c2ccccc2c2cc(-c3ccccc3)ccc21. The molecule has 0 fully saturated rings. The lowest BCUT2D eigenvalue weighted by Gasteiger charge is -2.03. The number of para-hydroxylation sites is 1. The van der Waals surface area contributed by atoms with Crippen LogP contribution in [0.5, 0.6) is 0 Å². The first-order chi connectivity index (χ1) is 10.4. The maximum absolute atomic E-state index is 3.95. The van der Waals surface area contributed by atoms with E-state index >= 15 is 0 Å². The molecule has 0 spiro atoms. The second kappa shape index (κ2) is 4.64. The minimum Gasteiger partial charge on any atom is -0.317 e. The van der Waals surface area contributed by atoms with Crippen LogP contribution in [-0.2, 0) is 0 Å². The number of aromatic nitrogens is 1. The fourth-order valence-corrected chi connectivity index (χ4v) is 3.01. The summed E-state index contributed by atoms with van der Waals surface area (Å²) in [6.07, 6.45) is 1.88. The molecule has 1 aromatic heterocycles. The molecule has 0 unspecified atom stereocenters. The Morgan fingerprint density at radius 3 is 2.19 bits per heavy atom. The van der Waals surface area contributed by atoms with E-state index in [0.717, 1.165) is 0 Å². The Labute approximate surface area is 123 Å². The molecule has 0 aliphatic heterocycles. The topological polar surface area (TPSA) is 4.93 Å². The molecule has 1 nitrogen and oxygen atoms in total. The van der Waals surface area contributed by atoms with E-state index in [1.165, 1.54) is 32.9 Å². The van der Waals surface area contributed by atoms with Crippen molar-refractivity contribution >= 4 is 28.0 Å². The molecule has 0 saturated heterocycles. The van der Waals surface area contributed by atoms with Gasteiger partial charge in [-0.25, -0.2) is 0 Å². The molecule has 0 aliphatic rings. The third-order valence-corrected chi connectivity index (χ3v) is 4.00. The molecule has 1 heterocycles. The van der Waals surface area contributed by atoms with Gasteiger partial charge >= 0.3 is 0 Å². The van der Waals surface area contributed by atoms with Gasteiger partial charge in [-0.1, -0.05) is 61.2 Å². The van der Waals surface area contributed by atoms with Gasteiger partial charge in [-0.15, -0.1) is 0 Å². The van der Waals surface area contributed by atoms with Gasteiger partial charge < -0.3 is 4.57 Å². The molecule has 3 aromatic carbocycles. The molecular formula is C20H15N. The molecule has 0 atom stereocenters. The van der Waals surface area contributed by atoms with E-state index in [-0.39, 0.29) is 0 Å². The Balaban J connectivity index is 2.08. The smallest absolute Gasteiger partial charge is 0.0535 e. The van der Waals surface area contributed by atoms with Gasteiger partial charge in [0, 0.05) is 17.0 Å². The zero-order valence-electron chi connectivity index (χ0n) is 11.7. The van der Waals surface area contributed by atoms with Gasteiger partial charge in [0.15, 0.2) is 0 Å². The molecule has 1 heteroatoms. The molecule has 21 heavy (non-hydrogen) atoms. The number of rotatable bonds is 2. The summed E-state index contributed by atoms with van der Waals surface area (Å²) in [4.78, 5) is 0. The molecule has 0 N–H and O–H groups in total. The first-order valence-corrected chi connectivity index (χ1v) is 7.09. The van der Waals surface area contributed by atoms with Crippen LogP contribution < -0.4 is 0 Å². The van der Waals surface area contributed by atoms with E-state index in [1.54, 1.807) is 0 Å². The van der Waals surface area contributed by atoms with Crippen molar-refractivity contribution in [3.05, 3.63) is 79.4 Å². The summed E-state index contributed by atoms with van der Waals surface area (Å²) >= 11 is 0. The van der Waals surface area contributed by atoms with Crippen LogP contribution in [0.4, 0.5) is 0 Å². The van der Waals surface area contributed by atoms with Crippen molar-refractivity contribution in [2.45, 2.75) is 0 Å². The van der Waals surface area contributed by atoms with Crippen LogP contribution in [0.3, 0.4) is 0 Å². The van der Waals surface area contributed by atoms with Crippen LogP contribution in [-0.4, -0.2) is 4.57 Å². The summed E-state index contributed by atoms with van der Waals surface area (Å²) < 4.78 is 2.15. The van der Waals surface area contributed by atoms with Crippen molar-refractivity contribution < 1.29 is 0 Å². The zero-order valence-corrected chi connectivity index (χ0v) is 11.7. The summed E-state index contributed by atoms with van der Waals surface area (Å²) in [6.45, 7) is 3.95. The summed E-state index contributed by atoms with van der Waals surface area (Å²) in [5.41, 5.74) is 4.89. The highest BCUT2D eigenvalue weighted by Gasteiger charge is 2.09. The van der Waals surface area contributed by atoms with Crippen LogP contribution in [0.1, 0.15) is 0 Å². The fraction of sp³-hybridized carbons (Fsp3) is 0. The van der Waals surface area contributed by atoms with Crippen molar-refractivity contribution in [1.29, 1.82) is 0 Å². The number of hydrogen-bond donors (Lipinski definition) is 0. The van der Waals surface area contributed by atoms with Crippen LogP contribution >= 0.6 is 0 Å². The lowest BCUT2D eigenvalue weighted by molar-refractivity contribution is 1.30. The number of fused-ring (bicyclic) bond motifs is 3. The predicted molar refractivity (Wildman–Crippen MR) is 91.3 cm³/mol. The minimum atomic E-state index is 1.20. The highest BCUT2D eigenvalue weighted by Crippen LogP contribution is 2.32. The van der Waals surface area contributed by atoms with E-state index in [0.29, 0.717) is 0 Å². The molecule has 0 radical (unpaired) electrons. The van der Waals surface area contributed by atoms with Gasteiger partial charge in [-0.3, -0.25) is 0 Å². The first-order valence-electron chi connectivity index (χ1n) is 7.09.